The van der Waals surface area contributed by atoms with Gasteiger partial charge in [-0.05, 0) is 12.2 Å². The lowest BCUT2D eigenvalue weighted by Gasteiger charge is -2.08. The first kappa shape index (κ1) is 9.89. The van der Waals surface area contributed by atoms with Crippen LogP contribution in [0.1, 0.15) is 11.4 Å². The minimum absolute atomic E-state index is 0.0649. The van der Waals surface area contributed by atoms with Crippen molar-refractivity contribution in [3.63, 3.8) is 0 Å². The summed E-state index contributed by atoms with van der Waals surface area (Å²) >= 11 is 0. The third-order valence-corrected chi connectivity index (χ3v) is 2.65. The van der Waals surface area contributed by atoms with Gasteiger partial charge in [-0.2, -0.15) is 5.10 Å². The number of nitrogens with zero attached hydrogens (tertiary/aromatic N) is 4. The summed E-state index contributed by atoms with van der Waals surface area (Å²) in [5.74, 6) is 0.0649. The van der Waals surface area contributed by atoms with Crippen molar-refractivity contribution in [2.75, 3.05) is 0 Å². The van der Waals surface area contributed by atoms with Crippen molar-refractivity contribution in [3.05, 3.63) is 36.1 Å². The Kier molecular flexibility index (Phi) is 2.11. The van der Waals surface area contributed by atoms with E-state index in [0.29, 0.717) is 6.42 Å². The predicted molar refractivity (Wildman–Crippen MR) is 62.0 cm³/mol. The van der Waals surface area contributed by atoms with Crippen molar-refractivity contribution in [2.24, 2.45) is 7.05 Å². The van der Waals surface area contributed by atoms with Gasteiger partial charge in [0.15, 0.2) is 5.78 Å². The summed E-state index contributed by atoms with van der Waals surface area (Å²) in [4.78, 5) is 20.1. The van der Waals surface area contributed by atoms with Crippen LogP contribution in [0, 0.1) is 0 Å². The average molecular weight is 226 g/mol. The van der Waals surface area contributed by atoms with Crippen molar-refractivity contribution < 1.29 is 4.79 Å². The molecule has 5 heteroatoms. The van der Waals surface area contributed by atoms with Gasteiger partial charge >= 0.3 is 0 Å². The Hall–Kier alpha value is -2.30. The predicted octanol–water partition coefficient (Wildman–Crippen LogP) is 1.02. The van der Waals surface area contributed by atoms with Gasteiger partial charge in [0.25, 0.3) is 0 Å². The van der Waals surface area contributed by atoms with Gasteiger partial charge in [-0.25, -0.2) is 4.98 Å². The van der Waals surface area contributed by atoms with Crippen molar-refractivity contribution in [1.82, 2.24) is 19.7 Å². The molecule has 84 valence electrons. The third-order valence-electron chi connectivity index (χ3n) is 2.65. The summed E-state index contributed by atoms with van der Waals surface area (Å²) in [6.07, 6.45) is 8.89. The van der Waals surface area contributed by atoms with Crippen LogP contribution in [0.4, 0.5) is 0 Å². The highest BCUT2D eigenvalue weighted by molar-refractivity contribution is 5.97. The van der Waals surface area contributed by atoms with E-state index in [1.165, 1.54) is 0 Å². The number of carbonyl (C=O) groups excluding carboxylic acids is 1. The van der Waals surface area contributed by atoms with Crippen molar-refractivity contribution in [1.29, 1.82) is 0 Å². The molecule has 0 unspecified atom stereocenters. The molecule has 0 aromatic carbocycles. The zero-order chi connectivity index (χ0) is 11.8. The quantitative estimate of drug-likeness (QED) is 0.728. The van der Waals surface area contributed by atoms with Crippen molar-refractivity contribution in [3.8, 4) is 11.3 Å². The van der Waals surface area contributed by atoms with Gasteiger partial charge in [-0.3, -0.25) is 14.5 Å². The molecule has 2 heterocycles. The van der Waals surface area contributed by atoms with E-state index < -0.39 is 0 Å². The Morgan fingerprint density at radius 3 is 2.94 bits per heavy atom. The lowest BCUT2D eigenvalue weighted by molar-refractivity contribution is -0.114. The highest BCUT2D eigenvalue weighted by Gasteiger charge is 2.14. The number of carbonyl (C=O) groups is 1. The molecule has 2 aromatic heterocycles. The van der Waals surface area contributed by atoms with Crippen LogP contribution in [0.3, 0.4) is 0 Å². The number of hydrogen-bond acceptors (Lipinski definition) is 4. The highest BCUT2D eigenvalue weighted by Crippen LogP contribution is 2.19. The zero-order valence-electron chi connectivity index (χ0n) is 9.29. The number of fused-ring (bicyclic) bond motifs is 1. The fraction of sp³-hybridized carbons (Fsp3) is 0.167. The molecule has 0 fully saturated rings. The molecule has 0 aliphatic heterocycles. The molecule has 0 saturated carbocycles. The van der Waals surface area contributed by atoms with Crippen LogP contribution >= 0.6 is 0 Å². The summed E-state index contributed by atoms with van der Waals surface area (Å²) in [6.45, 7) is 0. The summed E-state index contributed by atoms with van der Waals surface area (Å²) < 4.78 is 1.71. The van der Waals surface area contributed by atoms with Crippen molar-refractivity contribution >= 4 is 11.9 Å². The lowest BCUT2D eigenvalue weighted by Crippen LogP contribution is -2.09. The summed E-state index contributed by atoms with van der Waals surface area (Å²) in [7, 11) is 1.85. The van der Waals surface area contributed by atoms with Gasteiger partial charge in [0, 0.05) is 18.8 Å². The summed E-state index contributed by atoms with van der Waals surface area (Å²) in [6, 6.07) is 0. The number of aromatic nitrogens is 4. The van der Waals surface area contributed by atoms with Crippen LogP contribution in [-0.4, -0.2) is 25.5 Å². The van der Waals surface area contributed by atoms with E-state index in [-0.39, 0.29) is 5.78 Å². The standard InChI is InChI=1S/C12H10N4O/c1-16-7-8(5-14-16)12-6-13-10-3-2-9(17)4-11(10)15-12/h2-3,5-7H,4H2,1H3. The Morgan fingerprint density at radius 2 is 2.18 bits per heavy atom. The number of aryl methyl sites for hydroxylation is 1. The Bertz CT molecular complexity index is 627. The van der Waals surface area contributed by atoms with Crippen LogP contribution in [0.2, 0.25) is 0 Å². The second kappa shape index (κ2) is 3.62. The maximum absolute atomic E-state index is 11.3. The fourth-order valence-corrected chi connectivity index (χ4v) is 1.79. The lowest BCUT2D eigenvalue weighted by atomic mass is 10.1. The summed E-state index contributed by atoms with van der Waals surface area (Å²) in [5.41, 5.74) is 3.17. The molecular formula is C12H10N4O. The molecule has 2 aromatic rings. The molecular weight excluding hydrogens is 216 g/mol. The van der Waals surface area contributed by atoms with Crippen molar-refractivity contribution in [2.45, 2.75) is 6.42 Å². The molecule has 0 saturated heterocycles. The topological polar surface area (TPSA) is 60.7 Å². The smallest absolute Gasteiger partial charge is 0.161 e. The Balaban J connectivity index is 2.07. The van der Waals surface area contributed by atoms with E-state index in [2.05, 4.69) is 15.1 Å². The van der Waals surface area contributed by atoms with E-state index in [9.17, 15) is 4.79 Å². The minimum Gasteiger partial charge on any atom is -0.294 e. The van der Waals surface area contributed by atoms with Gasteiger partial charge in [0.1, 0.15) is 0 Å². The molecule has 0 N–H and O–H groups in total. The SMILES string of the molecule is Cn1cc(-c2cnc3c(n2)CC(=O)C=C3)cn1. The van der Waals surface area contributed by atoms with Crippen LogP contribution in [-0.2, 0) is 18.3 Å². The maximum atomic E-state index is 11.3. The van der Waals surface area contributed by atoms with Gasteiger partial charge in [-0.15, -0.1) is 0 Å². The molecule has 3 rings (SSSR count). The minimum atomic E-state index is 0.0649. The summed E-state index contributed by atoms with van der Waals surface area (Å²) in [5, 5.41) is 4.09. The van der Waals surface area contributed by atoms with Crippen LogP contribution in [0.25, 0.3) is 17.3 Å². The number of allylic oxidation sites excluding steroid dienone is 1. The van der Waals surface area contributed by atoms with E-state index in [4.69, 9.17) is 0 Å². The molecule has 0 atom stereocenters. The van der Waals surface area contributed by atoms with Gasteiger partial charge in [-0.1, -0.05) is 0 Å². The first-order valence-corrected chi connectivity index (χ1v) is 5.28. The highest BCUT2D eigenvalue weighted by atomic mass is 16.1. The largest absolute Gasteiger partial charge is 0.294 e. The third kappa shape index (κ3) is 1.75. The molecule has 17 heavy (non-hydrogen) atoms. The zero-order valence-corrected chi connectivity index (χ0v) is 9.29. The molecule has 0 spiro atoms. The average Bonchev–Trinajstić information content (AvgIpc) is 2.75. The second-order valence-electron chi connectivity index (χ2n) is 3.97. The maximum Gasteiger partial charge on any atom is 0.161 e. The molecule has 0 amide bonds. The van der Waals surface area contributed by atoms with E-state index in [1.54, 1.807) is 29.2 Å². The molecule has 0 bridgehead atoms. The second-order valence-corrected chi connectivity index (χ2v) is 3.97. The first-order valence-electron chi connectivity index (χ1n) is 5.28. The van der Waals surface area contributed by atoms with Crippen LogP contribution in [0.15, 0.2) is 24.7 Å². The number of hydrogen-bond donors (Lipinski definition) is 0. The van der Waals surface area contributed by atoms with Gasteiger partial charge in [0.2, 0.25) is 0 Å². The number of rotatable bonds is 1. The van der Waals surface area contributed by atoms with E-state index in [1.807, 2.05) is 13.2 Å². The molecule has 0 radical (unpaired) electrons. The number of ketones is 1. The fourth-order valence-electron chi connectivity index (χ4n) is 1.79. The van der Waals surface area contributed by atoms with Gasteiger partial charge in [0.05, 0.1) is 35.9 Å². The monoisotopic (exact) mass is 226 g/mol. The Labute approximate surface area is 97.8 Å². The molecule has 1 aliphatic carbocycles. The molecule has 5 nitrogen and oxygen atoms in total. The Morgan fingerprint density at radius 1 is 1.29 bits per heavy atom. The molecule has 1 aliphatic rings. The normalized spacial score (nSPS) is 13.8. The first-order chi connectivity index (χ1) is 8.22. The van der Waals surface area contributed by atoms with Crippen LogP contribution in [0.5, 0.6) is 0 Å². The van der Waals surface area contributed by atoms with Gasteiger partial charge < -0.3 is 0 Å². The van der Waals surface area contributed by atoms with Crippen LogP contribution < -0.4 is 0 Å². The van der Waals surface area contributed by atoms with E-state index in [0.717, 1.165) is 22.6 Å². The van der Waals surface area contributed by atoms with E-state index >= 15 is 0 Å².